The Morgan fingerprint density at radius 1 is 1.20 bits per heavy atom. The van der Waals surface area contributed by atoms with E-state index in [-0.39, 0.29) is 24.0 Å². The summed E-state index contributed by atoms with van der Waals surface area (Å²) in [4.78, 5) is 41.8. The van der Waals surface area contributed by atoms with Crippen molar-refractivity contribution in [2.45, 2.75) is 37.9 Å². The van der Waals surface area contributed by atoms with Crippen LogP contribution < -0.4 is 5.32 Å². The van der Waals surface area contributed by atoms with E-state index in [0.29, 0.717) is 11.3 Å². The number of hydrogen-bond donors (Lipinski definition) is 1. The standard InChI is InChI=1S/C18H21N3O3S/c1-12(22)13-5-7-14(8-6-13)19-16(23)11-15-17(24)20-18(25-15)21-9-3-2-4-10-21/h5-8,15H,2-4,9-11H2,1H3,(H,19,23). The maximum absolute atomic E-state index is 12.2. The Labute approximate surface area is 151 Å². The molecule has 1 N–H and O–H groups in total. The number of likely N-dealkylation sites (tertiary alicyclic amines) is 1. The first kappa shape index (κ1) is 17.7. The van der Waals surface area contributed by atoms with Gasteiger partial charge < -0.3 is 10.2 Å². The first-order valence-electron chi connectivity index (χ1n) is 8.48. The monoisotopic (exact) mass is 359 g/mol. The van der Waals surface area contributed by atoms with Crippen LogP contribution in [0.15, 0.2) is 29.3 Å². The number of rotatable bonds is 4. The van der Waals surface area contributed by atoms with E-state index in [1.165, 1.54) is 25.1 Å². The molecule has 2 aliphatic rings. The molecule has 2 heterocycles. The number of thioether (sulfide) groups is 1. The number of amidine groups is 1. The molecule has 7 heteroatoms. The van der Waals surface area contributed by atoms with Gasteiger partial charge in [-0.15, -0.1) is 0 Å². The Bertz CT molecular complexity index is 709. The van der Waals surface area contributed by atoms with Crippen LogP contribution >= 0.6 is 11.8 Å². The van der Waals surface area contributed by atoms with Gasteiger partial charge in [0.2, 0.25) is 5.91 Å². The Hall–Kier alpha value is -2.15. The predicted molar refractivity (Wildman–Crippen MR) is 98.9 cm³/mol. The van der Waals surface area contributed by atoms with Gasteiger partial charge >= 0.3 is 0 Å². The minimum atomic E-state index is -0.451. The third kappa shape index (κ3) is 4.48. The lowest BCUT2D eigenvalue weighted by molar-refractivity contribution is -0.121. The second-order valence-corrected chi connectivity index (χ2v) is 7.44. The molecule has 1 saturated heterocycles. The van der Waals surface area contributed by atoms with Crippen molar-refractivity contribution in [1.82, 2.24) is 4.90 Å². The predicted octanol–water partition coefficient (Wildman–Crippen LogP) is 2.70. The fourth-order valence-electron chi connectivity index (χ4n) is 2.90. The van der Waals surface area contributed by atoms with Gasteiger partial charge in [0.1, 0.15) is 5.25 Å². The van der Waals surface area contributed by atoms with Crippen LogP contribution in [0, 0.1) is 0 Å². The van der Waals surface area contributed by atoms with E-state index < -0.39 is 5.25 Å². The number of carbonyl (C=O) groups is 3. The summed E-state index contributed by atoms with van der Waals surface area (Å²) in [6.45, 7) is 3.36. The molecule has 3 rings (SSSR count). The van der Waals surface area contributed by atoms with Gasteiger partial charge in [0.05, 0.1) is 0 Å². The van der Waals surface area contributed by atoms with E-state index in [0.717, 1.165) is 31.1 Å². The zero-order valence-electron chi connectivity index (χ0n) is 14.2. The summed E-state index contributed by atoms with van der Waals surface area (Å²) in [6, 6.07) is 6.72. The molecule has 1 aromatic rings. The molecule has 1 unspecified atom stereocenters. The number of amides is 2. The summed E-state index contributed by atoms with van der Waals surface area (Å²) < 4.78 is 0. The van der Waals surface area contributed by atoms with Crippen molar-refractivity contribution >= 4 is 40.2 Å². The quantitative estimate of drug-likeness (QED) is 0.836. The number of hydrogen-bond acceptors (Lipinski definition) is 5. The fraction of sp³-hybridized carbons (Fsp3) is 0.444. The number of piperidine rings is 1. The molecular weight excluding hydrogens is 338 g/mol. The molecule has 0 aliphatic carbocycles. The van der Waals surface area contributed by atoms with Gasteiger partial charge in [-0.1, -0.05) is 11.8 Å². The highest BCUT2D eigenvalue weighted by Crippen LogP contribution is 2.29. The third-order valence-electron chi connectivity index (χ3n) is 4.30. The van der Waals surface area contributed by atoms with Crippen LogP contribution in [0.1, 0.15) is 43.0 Å². The number of benzene rings is 1. The van der Waals surface area contributed by atoms with Crippen LogP contribution in [0.2, 0.25) is 0 Å². The van der Waals surface area contributed by atoms with Crippen LogP contribution in [-0.2, 0) is 9.59 Å². The molecule has 132 valence electrons. The van der Waals surface area contributed by atoms with Crippen LogP contribution in [-0.4, -0.2) is 46.0 Å². The van der Waals surface area contributed by atoms with E-state index in [4.69, 9.17) is 0 Å². The van der Waals surface area contributed by atoms with Crippen molar-refractivity contribution in [3.05, 3.63) is 29.8 Å². The van der Waals surface area contributed by atoms with Crippen molar-refractivity contribution in [2.75, 3.05) is 18.4 Å². The van der Waals surface area contributed by atoms with Crippen LogP contribution in [0.25, 0.3) is 0 Å². The molecule has 1 aromatic carbocycles. The second kappa shape index (κ2) is 7.82. The smallest absolute Gasteiger partial charge is 0.262 e. The van der Waals surface area contributed by atoms with Crippen LogP contribution in [0.3, 0.4) is 0 Å². The van der Waals surface area contributed by atoms with Crippen molar-refractivity contribution in [3.8, 4) is 0 Å². The normalized spacial score (nSPS) is 20.4. The van der Waals surface area contributed by atoms with Gasteiger partial charge in [0, 0.05) is 30.8 Å². The highest BCUT2D eigenvalue weighted by Gasteiger charge is 2.33. The summed E-state index contributed by atoms with van der Waals surface area (Å²) in [5, 5.41) is 3.08. The molecule has 0 radical (unpaired) electrons. The summed E-state index contributed by atoms with van der Waals surface area (Å²) in [5.74, 6) is -0.475. The van der Waals surface area contributed by atoms with Crippen LogP contribution in [0.4, 0.5) is 5.69 Å². The number of aliphatic imine (C=N–C) groups is 1. The molecule has 1 fully saturated rings. The van der Waals surface area contributed by atoms with E-state index in [1.54, 1.807) is 24.3 Å². The van der Waals surface area contributed by atoms with Crippen molar-refractivity contribution < 1.29 is 14.4 Å². The molecule has 2 aliphatic heterocycles. The number of Topliss-reactive ketones (excluding diaryl/α,β-unsaturated/α-hetero) is 1. The minimum Gasteiger partial charge on any atom is -0.351 e. The third-order valence-corrected chi connectivity index (χ3v) is 5.51. The Morgan fingerprint density at radius 2 is 1.88 bits per heavy atom. The molecular formula is C18H21N3O3S. The SMILES string of the molecule is CC(=O)c1ccc(NC(=O)CC2SC(N3CCCCC3)=NC2=O)cc1. The first-order chi connectivity index (χ1) is 12.0. The molecule has 1 atom stereocenters. The van der Waals surface area contributed by atoms with Gasteiger partial charge in [-0.2, -0.15) is 4.99 Å². The minimum absolute atomic E-state index is 0.0202. The fourth-order valence-corrected chi connectivity index (χ4v) is 4.02. The number of nitrogens with one attached hydrogen (secondary N) is 1. The lowest BCUT2D eigenvalue weighted by atomic mass is 10.1. The van der Waals surface area contributed by atoms with Gasteiger partial charge in [-0.25, -0.2) is 0 Å². The summed E-state index contributed by atoms with van der Waals surface area (Å²) >= 11 is 1.39. The average Bonchev–Trinajstić information content (AvgIpc) is 2.97. The number of anilines is 1. The van der Waals surface area contributed by atoms with Gasteiger partial charge in [-0.05, 0) is 50.5 Å². The molecule has 0 aromatic heterocycles. The lowest BCUT2D eigenvalue weighted by Crippen LogP contribution is -2.33. The maximum atomic E-state index is 12.2. The van der Waals surface area contributed by atoms with E-state index in [9.17, 15) is 14.4 Å². The number of nitrogens with zero attached hydrogens (tertiary/aromatic N) is 2. The van der Waals surface area contributed by atoms with E-state index in [1.807, 2.05) is 0 Å². The van der Waals surface area contributed by atoms with E-state index in [2.05, 4.69) is 15.2 Å². The first-order valence-corrected chi connectivity index (χ1v) is 9.36. The second-order valence-electron chi connectivity index (χ2n) is 6.27. The Morgan fingerprint density at radius 3 is 2.52 bits per heavy atom. The molecule has 6 nitrogen and oxygen atoms in total. The summed E-state index contributed by atoms with van der Waals surface area (Å²) in [6.07, 6.45) is 3.56. The Balaban J connectivity index is 1.53. The van der Waals surface area contributed by atoms with Gasteiger partial charge in [0.25, 0.3) is 5.91 Å². The summed E-state index contributed by atoms with van der Waals surface area (Å²) in [7, 11) is 0. The highest BCUT2D eigenvalue weighted by molar-refractivity contribution is 8.15. The van der Waals surface area contributed by atoms with Crippen molar-refractivity contribution in [3.63, 3.8) is 0 Å². The van der Waals surface area contributed by atoms with Crippen molar-refractivity contribution in [1.29, 1.82) is 0 Å². The van der Waals surface area contributed by atoms with Crippen LogP contribution in [0.5, 0.6) is 0 Å². The largest absolute Gasteiger partial charge is 0.351 e. The van der Waals surface area contributed by atoms with Crippen molar-refractivity contribution in [2.24, 2.45) is 4.99 Å². The number of carbonyl (C=O) groups excluding carboxylic acids is 3. The Kier molecular flexibility index (Phi) is 5.53. The average molecular weight is 359 g/mol. The molecule has 0 spiro atoms. The van der Waals surface area contributed by atoms with Gasteiger partial charge in [-0.3, -0.25) is 14.4 Å². The topological polar surface area (TPSA) is 78.8 Å². The highest BCUT2D eigenvalue weighted by atomic mass is 32.2. The molecule has 0 bridgehead atoms. The zero-order chi connectivity index (χ0) is 17.8. The summed E-state index contributed by atoms with van der Waals surface area (Å²) in [5.41, 5.74) is 1.21. The maximum Gasteiger partial charge on any atom is 0.262 e. The molecule has 0 saturated carbocycles. The van der Waals surface area contributed by atoms with E-state index >= 15 is 0 Å². The zero-order valence-corrected chi connectivity index (χ0v) is 15.0. The molecule has 25 heavy (non-hydrogen) atoms. The molecule has 2 amide bonds. The lowest BCUT2D eigenvalue weighted by Gasteiger charge is -2.27. The van der Waals surface area contributed by atoms with Gasteiger partial charge in [0.15, 0.2) is 11.0 Å². The number of ketones is 1.